The second-order valence-corrected chi connectivity index (χ2v) is 8.31. The molecule has 24 heavy (non-hydrogen) atoms. The maximum Gasteiger partial charge on any atom is 0.0112 e. The highest BCUT2D eigenvalue weighted by atomic mass is 32.2. The van der Waals surface area contributed by atoms with Crippen LogP contribution in [-0.4, -0.2) is 54.8 Å². The van der Waals surface area contributed by atoms with E-state index in [0.717, 1.165) is 6.04 Å². The van der Waals surface area contributed by atoms with Gasteiger partial charge in [-0.15, -0.1) is 11.8 Å². The lowest BCUT2D eigenvalue weighted by Gasteiger charge is -2.35. The molecule has 0 saturated heterocycles. The SMILES string of the molecule is CCCN(CCN(C)CCCSc1ccccc1)C1CCCCC1. The Morgan fingerprint density at radius 1 is 0.958 bits per heavy atom. The molecule has 2 nitrogen and oxygen atoms in total. The highest BCUT2D eigenvalue weighted by Crippen LogP contribution is 2.22. The molecule has 0 radical (unpaired) electrons. The van der Waals surface area contributed by atoms with E-state index in [9.17, 15) is 0 Å². The minimum atomic E-state index is 0.862. The number of thioether (sulfide) groups is 1. The second kappa shape index (κ2) is 11.9. The summed E-state index contributed by atoms with van der Waals surface area (Å²) in [6.07, 6.45) is 9.75. The standard InChI is InChI=1S/C21H36N2S/c1-3-15-23(20-11-6-4-7-12-20)18-17-22(2)16-10-19-24-21-13-8-5-9-14-21/h5,8-9,13-14,20H,3-4,6-7,10-12,15-19H2,1-2H3. The number of likely N-dealkylation sites (N-methyl/N-ethyl adjacent to an activating group) is 1. The molecule has 0 N–H and O–H groups in total. The number of benzene rings is 1. The molecule has 1 aliphatic carbocycles. The van der Waals surface area contributed by atoms with Crippen molar-refractivity contribution in [2.75, 3.05) is 39.0 Å². The summed E-state index contributed by atoms with van der Waals surface area (Å²) in [5.41, 5.74) is 0. The van der Waals surface area contributed by atoms with Gasteiger partial charge in [0, 0.05) is 24.0 Å². The zero-order valence-corrected chi connectivity index (χ0v) is 16.6. The molecular weight excluding hydrogens is 312 g/mol. The average Bonchev–Trinajstić information content (AvgIpc) is 2.64. The fraction of sp³-hybridized carbons (Fsp3) is 0.714. The third kappa shape index (κ3) is 7.58. The first-order valence-electron chi connectivity index (χ1n) is 9.90. The van der Waals surface area contributed by atoms with Crippen LogP contribution in [-0.2, 0) is 0 Å². The Kier molecular flexibility index (Phi) is 9.86. The van der Waals surface area contributed by atoms with E-state index in [4.69, 9.17) is 0 Å². The van der Waals surface area contributed by atoms with Gasteiger partial charge in [0.15, 0.2) is 0 Å². The molecule has 0 aromatic heterocycles. The summed E-state index contributed by atoms with van der Waals surface area (Å²) in [5, 5.41) is 0. The van der Waals surface area contributed by atoms with Gasteiger partial charge in [-0.1, -0.05) is 44.4 Å². The van der Waals surface area contributed by atoms with Crippen LogP contribution in [0, 0.1) is 0 Å². The summed E-state index contributed by atoms with van der Waals surface area (Å²) < 4.78 is 0. The zero-order chi connectivity index (χ0) is 17.0. The quantitative estimate of drug-likeness (QED) is 0.403. The van der Waals surface area contributed by atoms with E-state index in [1.165, 1.54) is 81.8 Å². The van der Waals surface area contributed by atoms with Crippen molar-refractivity contribution in [1.82, 2.24) is 9.80 Å². The van der Waals surface area contributed by atoms with Gasteiger partial charge in [0.05, 0.1) is 0 Å². The number of rotatable bonds is 11. The monoisotopic (exact) mass is 348 g/mol. The molecule has 2 rings (SSSR count). The van der Waals surface area contributed by atoms with Crippen LogP contribution in [0.1, 0.15) is 51.9 Å². The Morgan fingerprint density at radius 3 is 2.42 bits per heavy atom. The predicted molar refractivity (Wildman–Crippen MR) is 108 cm³/mol. The van der Waals surface area contributed by atoms with E-state index < -0.39 is 0 Å². The molecule has 1 aromatic carbocycles. The fourth-order valence-corrected chi connectivity index (χ4v) is 4.52. The lowest BCUT2D eigenvalue weighted by molar-refractivity contribution is 0.139. The van der Waals surface area contributed by atoms with E-state index in [1.54, 1.807) is 0 Å². The second-order valence-electron chi connectivity index (χ2n) is 7.15. The van der Waals surface area contributed by atoms with Crippen molar-refractivity contribution in [3.8, 4) is 0 Å². The predicted octanol–water partition coefficient (Wildman–Crippen LogP) is 5.15. The van der Waals surface area contributed by atoms with Crippen LogP contribution in [0.15, 0.2) is 35.2 Å². The molecule has 1 aromatic rings. The van der Waals surface area contributed by atoms with Gasteiger partial charge < -0.3 is 4.90 Å². The van der Waals surface area contributed by atoms with Crippen LogP contribution >= 0.6 is 11.8 Å². The maximum atomic E-state index is 2.77. The first kappa shape index (κ1) is 19.8. The van der Waals surface area contributed by atoms with Crippen LogP contribution in [0.2, 0.25) is 0 Å². The van der Waals surface area contributed by atoms with E-state index in [-0.39, 0.29) is 0 Å². The highest BCUT2D eigenvalue weighted by Gasteiger charge is 2.20. The van der Waals surface area contributed by atoms with Crippen molar-refractivity contribution in [3.05, 3.63) is 30.3 Å². The molecule has 0 unspecified atom stereocenters. The van der Waals surface area contributed by atoms with E-state index in [0.29, 0.717) is 0 Å². The van der Waals surface area contributed by atoms with E-state index in [1.807, 2.05) is 11.8 Å². The van der Waals surface area contributed by atoms with Crippen molar-refractivity contribution in [1.29, 1.82) is 0 Å². The number of hydrogen-bond acceptors (Lipinski definition) is 3. The molecular formula is C21H36N2S. The normalized spacial score (nSPS) is 16.2. The fourth-order valence-electron chi connectivity index (χ4n) is 3.66. The molecule has 0 amide bonds. The minimum Gasteiger partial charge on any atom is -0.305 e. The molecule has 0 spiro atoms. The van der Waals surface area contributed by atoms with Gasteiger partial charge in [0.1, 0.15) is 0 Å². The Morgan fingerprint density at radius 2 is 1.71 bits per heavy atom. The Bertz CT molecular complexity index is 417. The molecule has 0 heterocycles. The first-order chi connectivity index (χ1) is 11.8. The molecule has 136 valence electrons. The summed E-state index contributed by atoms with van der Waals surface area (Å²) in [7, 11) is 2.29. The lowest BCUT2D eigenvalue weighted by atomic mass is 9.94. The summed E-state index contributed by atoms with van der Waals surface area (Å²) in [6, 6.07) is 11.6. The number of hydrogen-bond donors (Lipinski definition) is 0. The van der Waals surface area contributed by atoms with Gasteiger partial charge in [-0.2, -0.15) is 0 Å². The van der Waals surface area contributed by atoms with E-state index in [2.05, 4.69) is 54.1 Å². The molecule has 0 aliphatic heterocycles. The van der Waals surface area contributed by atoms with Crippen molar-refractivity contribution < 1.29 is 0 Å². The third-order valence-corrected chi connectivity index (χ3v) is 6.17. The van der Waals surface area contributed by atoms with Gasteiger partial charge >= 0.3 is 0 Å². The lowest BCUT2D eigenvalue weighted by Crippen LogP contribution is -2.42. The molecule has 0 atom stereocenters. The van der Waals surface area contributed by atoms with Gasteiger partial charge in [-0.25, -0.2) is 0 Å². The van der Waals surface area contributed by atoms with Crippen LogP contribution in [0.5, 0.6) is 0 Å². The Balaban J connectivity index is 1.60. The minimum absolute atomic E-state index is 0.862. The highest BCUT2D eigenvalue weighted by molar-refractivity contribution is 7.99. The molecule has 0 bridgehead atoms. The van der Waals surface area contributed by atoms with Gasteiger partial charge in [0.2, 0.25) is 0 Å². The summed E-state index contributed by atoms with van der Waals surface area (Å²) in [5.74, 6) is 1.22. The van der Waals surface area contributed by atoms with Gasteiger partial charge in [0.25, 0.3) is 0 Å². The first-order valence-corrected chi connectivity index (χ1v) is 10.9. The van der Waals surface area contributed by atoms with Crippen molar-refractivity contribution >= 4 is 11.8 Å². The van der Waals surface area contributed by atoms with Gasteiger partial charge in [-0.3, -0.25) is 4.90 Å². The molecule has 1 aliphatic rings. The molecule has 3 heteroatoms. The van der Waals surface area contributed by atoms with Crippen LogP contribution < -0.4 is 0 Å². The summed E-state index contributed by atoms with van der Waals surface area (Å²) in [4.78, 5) is 6.69. The third-order valence-electron chi connectivity index (χ3n) is 5.07. The smallest absolute Gasteiger partial charge is 0.0112 e. The number of nitrogens with zero attached hydrogens (tertiary/aromatic N) is 2. The van der Waals surface area contributed by atoms with Crippen molar-refractivity contribution in [2.24, 2.45) is 0 Å². The average molecular weight is 349 g/mol. The van der Waals surface area contributed by atoms with E-state index >= 15 is 0 Å². The topological polar surface area (TPSA) is 6.48 Å². The van der Waals surface area contributed by atoms with Crippen molar-refractivity contribution in [2.45, 2.75) is 62.8 Å². The summed E-state index contributed by atoms with van der Waals surface area (Å²) in [6.45, 7) is 7.28. The Hall–Kier alpha value is -0.510. The largest absolute Gasteiger partial charge is 0.305 e. The van der Waals surface area contributed by atoms with Crippen LogP contribution in [0.25, 0.3) is 0 Å². The molecule has 1 saturated carbocycles. The Labute approximate surface area is 154 Å². The van der Waals surface area contributed by atoms with Crippen molar-refractivity contribution in [3.63, 3.8) is 0 Å². The van der Waals surface area contributed by atoms with Gasteiger partial charge in [-0.05, 0) is 63.7 Å². The summed E-state index contributed by atoms with van der Waals surface area (Å²) >= 11 is 1.98. The molecule has 1 fully saturated rings. The zero-order valence-electron chi connectivity index (χ0n) is 15.8. The van der Waals surface area contributed by atoms with Crippen LogP contribution in [0.4, 0.5) is 0 Å². The maximum absolute atomic E-state index is 2.77. The van der Waals surface area contributed by atoms with Crippen LogP contribution in [0.3, 0.4) is 0 Å².